The van der Waals surface area contributed by atoms with Gasteiger partial charge in [0, 0.05) is 29.9 Å². The van der Waals surface area contributed by atoms with Crippen molar-refractivity contribution in [2.24, 2.45) is 0 Å². The Hall–Kier alpha value is -3.86. The molecule has 1 aromatic carbocycles. The average molecular weight is 450 g/mol. The number of nitrogens with one attached hydrogen (secondary N) is 1. The number of hydrogen-bond acceptors (Lipinski definition) is 6. The van der Waals surface area contributed by atoms with Gasteiger partial charge in [-0.3, -0.25) is 4.98 Å². The van der Waals surface area contributed by atoms with Crippen LogP contribution in [0.15, 0.2) is 48.8 Å². The predicted molar refractivity (Wildman–Crippen MR) is 108 cm³/mol. The lowest BCUT2D eigenvalue weighted by atomic mass is 9.83. The molecule has 172 valence electrons. The van der Waals surface area contributed by atoms with Crippen LogP contribution in [-0.2, 0) is 19.2 Å². The molecule has 2 heterocycles. The fraction of sp³-hybridized carbons (Fsp3) is 0.286. The maximum Gasteiger partial charge on any atom is 0.414 e. The molecule has 0 radical (unpaired) electrons. The highest BCUT2D eigenvalue weighted by molar-refractivity contribution is 6.27. The SMILES string of the molecule is CC1(C)N[C@@H](c2ccc(F)cc2)C[C@H]1c1ccncc1.O=C(O)C(=O)O.O=C(O)C(=O)O. The maximum atomic E-state index is 13.0. The van der Waals surface area contributed by atoms with Crippen LogP contribution in [-0.4, -0.2) is 54.8 Å². The van der Waals surface area contributed by atoms with Crippen molar-refractivity contribution in [2.75, 3.05) is 0 Å². The summed E-state index contributed by atoms with van der Waals surface area (Å²) in [5.74, 6) is -7.05. The summed E-state index contributed by atoms with van der Waals surface area (Å²) in [6, 6.07) is 11.2. The number of hydrogen-bond donors (Lipinski definition) is 5. The average Bonchev–Trinajstić information content (AvgIpc) is 3.05. The van der Waals surface area contributed by atoms with Crippen LogP contribution in [0.2, 0.25) is 0 Å². The quantitative estimate of drug-likeness (QED) is 0.426. The molecule has 1 aliphatic heterocycles. The molecule has 0 unspecified atom stereocenters. The summed E-state index contributed by atoms with van der Waals surface area (Å²) in [6.45, 7) is 4.45. The number of nitrogens with zero attached hydrogens (tertiary/aromatic N) is 1. The zero-order chi connectivity index (χ0) is 24.5. The largest absolute Gasteiger partial charge is 0.473 e. The van der Waals surface area contributed by atoms with Gasteiger partial charge in [-0.2, -0.15) is 0 Å². The highest BCUT2D eigenvalue weighted by atomic mass is 19.1. The molecule has 2 atom stereocenters. The van der Waals surface area contributed by atoms with Gasteiger partial charge in [0.15, 0.2) is 0 Å². The van der Waals surface area contributed by atoms with E-state index in [1.54, 1.807) is 0 Å². The first kappa shape index (κ1) is 26.2. The second-order valence-corrected chi connectivity index (χ2v) is 7.26. The molecule has 1 fully saturated rings. The zero-order valence-electron chi connectivity index (χ0n) is 17.2. The Bertz CT molecular complexity index is 900. The Labute approximate surface area is 182 Å². The van der Waals surface area contributed by atoms with E-state index >= 15 is 0 Å². The number of carbonyl (C=O) groups is 4. The third-order valence-corrected chi connectivity index (χ3v) is 4.64. The van der Waals surface area contributed by atoms with Gasteiger partial charge in [0.1, 0.15) is 5.82 Å². The van der Waals surface area contributed by atoms with E-state index in [0.29, 0.717) is 5.92 Å². The number of halogens is 1. The Morgan fingerprint density at radius 2 is 1.28 bits per heavy atom. The van der Waals surface area contributed by atoms with Gasteiger partial charge in [-0.15, -0.1) is 0 Å². The fourth-order valence-corrected chi connectivity index (χ4v) is 3.20. The summed E-state index contributed by atoms with van der Waals surface area (Å²) in [5.41, 5.74) is 2.47. The van der Waals surface area contributed by atoms with Crippen LogP contribution in [0.1, 0.15) is 43.4 Å². The molecule has 0 saturated carbocycles. The van der Waals surface area contributed by atoms with Gasteiger partial charge in [-0.1, -0.05) is 12.1 Å². The number of aliphatic carboxylic acids is 4. The highest BCUT2D eigenvalue weighted by Crippen LogP contribution is 2.43. The van der Waals surface area contributed by atoms with Gasteiger partial charge in [-0.05, 0) is 55.7 Å². The van der Waals surface area contributed by atoms with E-state index in [4.69, 9.17) is 39.6 Å². The predicted octanol–water partition coefficient (Wildman–Crippen LogP) is 2.13. The molecule has 5 N–H and O–H groups in total. The van der Waals surface area contributed by atoms with E-state index in [1.165, 1.54) is 17.7 Å². The van der Waals surface area contributed by atoms with Crippen molar-refractivity contribution in [1.82, 2.24) is 10.3 Å². The molecule has 0 amide bonds. The summed E-state index contributed by atoms with van der Waals surface area (Å²) >= 11 is 0. The molecular weight excluding hydrogens is 427 g/mol. The number of carboxylic acids is 4. The lowest BCUT2D eigenvalue weighted by Crippen LogP contribution is -2.37. The lowest BCUT2D eigenvalue weighted by molar-refractivity contribution is -0.159. The van der Waals surface area contributed by atoms with Gasteiger partial charge in [-0.25, -0.2) is 23.6 Å². The minimum absolute atomic E-state index is 0.0143. The van der Waals surface area contributed by atoms with Crippen LogP contribution in [0, 0.1) is 5.82 Å². The van der Waals surface area contributed by atoms with Crippen molar-refractivity contribution in [1.29, 1.82) is 0 Å². The second kappa shape index (κ2) is 11.5. The van der Waals surface area contributed by atoms with Gasteiger partial charge in [0.25, 0.3) is 0 Å². The van der Waals surface area contributed by atoms with Gasteiger partial charge in [0.2, 0.25) is 0 Å². The Morgan fingerprint density at radius 3 is 1.69 bits per heavy atom. The normalized spacial score (nSPS) is 18.2. The molecule has 32 heavy (non-hydrogen) atoms. The fourth-order valence-electron chi connectivity index (χ4n) is 3.20. The molecule has 1 aliphatic rings. The van der Waals surface area contributed by atoms with E-state index in [1.807, 2.05) is 24.5 Å². The van der Waals surface area contributed by atoms with Crippen molar-refractivity contribution in [3.05, 3.63) is 65.7 Å². The van der Waals surface area contributed by atoms with E-state index in [2.05, 4.69) is 36.3 Å². The number of aromatic nitrogens is 1. The first-order valence-electron chi connectivity index (χ1n) is 9.20. The molecule has 0 aliphatic carbocycles. The minimum Gasteiger partial charge on any atom is -0.473 e. The van der Waals surface area contributed by atoms with Crippen molar-refractivity contribution < 1.29 is 44.0 Å². The summed E-state index contributed by atoms with van der Waals surface area (Å²) in [4.78, 5) is 40.5. The van der Waals surface area contributed by atoms with Crippen LogP contribution in [0.4, 0.5) is 4.39 Å². The van der Waals surface area contributed by atoms with E-state index in [9.17, 15) is 4.39 Å². The summed E-state index contributed by atoms with van der Waals surface area (Å²) < 4.78 is 13.0. The smallest absolute Gasteiger partial charge is 0.414 e. The third kappa shape index (κ3) is 8.11. The molecule has 10 nitrogen and oxygen atoms in total. The van der Waals surface area contributed by atoms with Crippen molar-refractivity contribution >= 4 is 23.9 Å². The van der Waals surface area contributed by atoms with Crippen molar-refractivity contribution in [3.8, 4) is 0 Å². The first-order chi connectivity index (χ1) is 14.8. The zero-order valence-corrected chi connectivity index (χ0v) is 17.2. The van der Waals surface area contributed by atoms with Crippen LogP contribution in [0.5, 0.6) is 0 Å². The molecule has 1 aromatic heterocycles. The second-order valence-electron chi connectivity index (χ2n) is 7.26. The van der Waals surface area contributed by atoms with Crippen molar-refractivity contribution in [3.63, 3.8) is 0 Å². The van der Waals surface area contributed by atoms with Gasteiger partial charge >= 0.3 is 23.9 Å². The van der Waals surface area contributed by atoms with Crippen LogP contribution in [0.3, 0.4) is 0 Å². The minimum atomic E-state index is -1.82. The van der Waals surface area contributed by atoms with Crippen LogP contribution >= 0.6 is 0 Å². The molecule has 11 heteroatoms. The topological polar surface area (TPSA) is 174 Å². The molecule has 0 spiro atoms. The number of rotatable bonds is 2. The highest BCUT2D eigenvalue weighted by Gasteiger charge is 2.40. The molecule has 1 saturated heterocycles. The Morgan fingerprint density at radius 1 is 0.844 bits per heavy atom. The summed E-state index contributed by atoms with van der Waals surface area (Å²) in [7, 11) is 0. The number of carboxylic acid groups (broad SMARTS) is 4. The standard InChI is InChI=1S/C17H19FN2.2C2H2O4/c1-17(2)15(12-7-9-19-10-8-12)11-16(20-17)13-3-5-14(18)6-4-13;2*3-1(4)2(5)6/h3-10,15-16,20H,11H2,1-2H3;2*(H,3,4)(H,5,6)/t15-,16+;;/m0../s1. The first-order valence-corrected chi connectivity index (χ1v) is 9.20. The summed E-state index contributed by atoms with van der Waals surface area (Å²) in [5, 5.41) is 33.2. The van der Waals surface area contributed by atoms with Gasteiger partial charge in [0.05, 0.1) is 0 Å². The molecule has 3 rings (SSSR count). The number of benzene rings is 1. The Kier molecular flexibility index (Phi) is 9.41. The summed E-state index contributed by atoms with van der Waals surface area (Å²) in [6.07, 6.45) is 4.70. The lowest BCUT2D eigenvalue weighted by Gasteiger charge is -2.27. The third-order valence-electron chi connectivity index (χ3n) is 4.64. The maximum absolute atomic E-state index is 13.0. The van der Waals surface area contributed by atoms with Crippen molar-refractivity contribution in [2.45, 2.75) is 37.8 Å². The van der Waals surface area contributed by atoms with E-state index in [0.717, 1.165) is 12.0 Å². The molecule has 0 bridgehead atoms. The monoisotopic (exact) mass is 450 g/mol. The Balaban J connectivity index is 0.000000355. The van der Waals surface area contributed by atoms with E-state index in [-0.39, 0.29) is 17.4 Å². The number of pyridine rings is 1. The molecule has 2 aromatic rings. The van der Waals surface area contributed by atoms with Gasteiger partial charge < -0.3 is 25.7 Å². The van der Waals surface area contributed by atoms with Crippen LogP contribution < -0.4 is 5.32 Å². The molecular formula is C21H23FN2O8. The van der Waals surface area contributed by atoms with Crippen LogP contribution in [0.25, 0.3) is 0 Å². The van der Waals surface area contributed by atoms with E-state index < -0.39 is 23.9 Å².